The minimum absolute atomic E-state index is 0.0346. The van der Waals surface area contributed by atoms with Gasteiger partial charge in [0.05, 0.1) is 11.8 Å². The zero-order chi connectivity index (χ0) is 14.0. The summed E-state index contributed by atoms with van der Waals surface area (Å²) >= 11 is 7.46. The van der Waals surface area contributed by atoms with Crippen molar-refractivity contribution >= 4 is 43.7 Å². The van der Waals surface area contributed by atoms with E-state index in [4.69, 9.17) is 0 Å². The van der Waals surface area contributed by atoms with E-state index in [1.165, 1.54) is 6.42 Å². The first kappa shape index (κ1) is 13.7. The molecule has 0 N–H and O–H groups in total. The molecule has 4 aliphatic rings. The molecule has 0 spiro atoms. The molecule has 4 rings (SSSR count). The number of imide groups is 1. The Hall–Kier alpha value is 0.1000. The van der Waals surface area contributed by atoms with Crippen LogP contribution in [0.15, 0.2) is 0 Å². The van der Waals surface area contributed by atoms with Gasteiger partial charge >= 0.3 is 0 Å². The summed E-state index contributed by atoms with van der Waals surface area (Å²) in [7, 11) is 0. The average Bonchev–Trinajstić information content (AvgIpc) is 3.05. The minimum Gasteiger partial charge on any atom is -0.279 e. The van der Waals surface area contributed by atoms with Crippen LogP contribution in [-0.2, 0) is 9.59 Å². The molecule has 3 nitrogen and oxygen atoms in total. The van der Waals surface area contributed by atoms with Gasteiger partial charge in [-0.2, -0.15) is 0 Å². The summed E-state index contributed by atoms with van der Waals surface area (Å²) in [5.74, 6) is 0.908. The predicted molar refractivity (Wildman–Crippen MR) is 82.7 cm³/mol. The van der Waals surface area contributed by atoms with Gasteiger partial charge in [0.25, 0.3) is 0 Å². The number of carbonyl (C=O) groups is 2. The quantitative estimate of drug-likeness (QED) is 0.497. The number of carbonyl (C=O) groups excluding carboxylic acids is 2. The second-order valence-corrected chi connectivity index (χ2v) is 8.96. The van der Waals surface area contributed by atoms with Crippen molar-refractivity contribution in [2.24, 2.45) is 23.7 Å². The molecule has 2 bridgehead atoms. The molecule has 4 fully saturated rings. The number of amides is 2. The van der Waals surface area contributed by atoms with E-state index in [0.29, 0.717) is 21.5 Å². The van der Waals surface area contributed by atoms with Crippen LogP contribution in [0.5, 0.6) is 0 Å². The molecule has 3 aliphatic carbocycles. The van der Waals surface area contributed by atoms with Gasteiger partial charge in [-0.3, -0.25) is 14.5 Å². The third-order valence-corrected chi connectivity index (χ3v) is 9.17. The summed E-state index contributed by atoms with van der Waals surface area (Å²) in [6.45, 7) is 0. The van der Waals surface area contributed by atoms with Crippen molar-refractivity contribution in [1.29, 1.82) is 0 Å². The van der Waals surface area contributed by atoms with Gasteiger partial charge in [0.1, 0.15) is 0 Å². The van der Waals surface area contributed by atoms with Gasteiger partial charge in [-0.05, 0) is 31.1 Å². The first-order valence-electron chi connectivity index (χ1n) is 7.76. The summed E-state index contributed by atoms with van der Waals surface area (Å²) < 4.78 is 0. The Kier molecular flexibility index (Phi) is 3.30. The van der Waals surface area contributed by atoms with E-state index in [0.717, 1.165) is 32.1 Å². The predicted octanol–water partition coefficient (Wildman–Crippen LogP) is 3.10. The van der Waals surface area contributed by atoms with Crippen molar-refractivity contribution in [3.63, 3.8) is 0 Å². The highest BCUT2D eigenvalue weighted by Gasteiger charge is 2.66. The summed E-state index contributed by atoms with van der Waals surface area (Å²) in [6.07, 6.45) is 6.62. The highest BCUT2D eigenvalue weighted by Crippen LogP contribution is 2.60. The Morgan fingerprint density at radius 3 is 1.85 bits per heavy atom. The van der Waals surface area contributed by atoms with Gasteiger partial charge in [0.2, 0.25) is 11.8 Å². The average molecular weight is 405 g/mol. The number of halogens is 2. The van der Waals surface area contributed by atoms with Gasteiger partial charge in [0.15, 0.2) is 0 Å². The molecule has 6 unspecified atom stereocenters. The minimum atomic E-state index is -0.0346. The topological polar surface area (TPSA) is 37.4 Å². The first-order chi connectivity index (χ1) is 9.61. The zero-order valence-corrected chi connectivity index (χ0v) is 14.5. The maximum atomic E-state index is 12.8. The summed E-state index contributed by atoms with van der Waals surface area (Å²) in [6, 6.07) is 0.191. The summed E-state index contributed by atoms with van der Waals surface area (Å²) in [4.78, 5) is 28.0. The number of hydrogen-bond donors (Lipinski definition) is 0. The molecule has 1 aliphatic heterocycles. The summed E-state index contributed by atoms with van der Waals surface area (Å²) in [5, 5.41) is 0. The molecule has 0 aromatic heterocycles. The van der Waals surface area contributed by atoms with Crippen LogP contribution in [0.3, 0.4) is 0 Å². The fourth-order valence-corrected chi connectivity index (χ4v) is 6.94. The molecular formula is C15H19Br2NO2. The van der Waals surface area contributed by atoms with Crippen LogP contribution in [-0.4, -0.2) is 32.4 Å². The number of likely N-dealkylation sites (tertiary alicyclic amines) is 1. The van der Waals surface area contributed by atoms with Gasteiger partial charge in [-0.25, -0.2) is 0 Å². The van der Waals surface area contributed by atoms with Gasteiger partial charge < -0.3 is 0 Å². The Morgan fingerprint density at radius 1 is 0.850 bits per heavy atom. The monoisotopic (exact) mass is 403 g/mol. The SMILES string of the molecule is O=C1C2C3CC(C(Br)C3Br)C2C(=O)N1C1CCCCC1. The Labute approximate surface area is 136 Å². The van der Waals surface area contributed by atoms with E-state index in [9.17, 15) is 9.59 Å². The number of rotatable bonds is 1. The van der Waals surface area contributed by atoms with Crippen molar-refractivity contribution in [1.82, 2.24) is 4.90 Å². The molecular weight excluding hydrogens is 386 g/mol. The van der Waals surface area contributed by atoms with E-state index in [1.807, 2.05) is 0 Å². The lowest BCUT2D eigenvalue weighted by molar-refractivity contribution is -0.144. The van der Waals surface area contributed by atoms with Gasteiger partial charge in [-0.15, -0.1) is 0 Å². The van der Waals surface area contributed by atoms with Gasteiger partial charge in [-0.1, -0.05) is 51.1 Å². The smallest absolute Gasteiger partial charge is 0.233 e. The van der Waals surface area contributed by atoms with Crippen LogP contribution < -0.4 is 0 Å². The highest BCUT2D eigenvalue weighted by atomic mass is 79.9. The number of nitrogens with zero attached hydrogens (tertiary/aromatic N) is 1. The van der Waals surface area contributed by atoms with Crippen molar-refractivity contribution in [2.45, 2.75) is 54.2 Å². The molecule has 20 heavy (non-hydrogen) atoms. The maximum absolute atomic E-state index is 12.8. The Balaban J connectivity index is 1.63. The molecule has 5 heteroatoms. The van der Waals surface area contributed by atoms with Crippen molar-refractivity contribution in [2.75, 3.05) is 0 Å². The molecule has 3 saturated carbocycles. The molecule has 1 saturated heterocycles. The van der Waals surface area contributed by atoms with Gasteiger partial charge in [0, 0.05) is 15.7 Å². The second-order valence-electron chi connectivity index (χ2n) is 6.84. The van der Waals surface area contributed by atoms with E-state index < -0.39 is 0 Å². The second kappa shape index (κ2) is 4.80. The summed E-state index contributed by atoms with van der Waals surface area (Å²) in [5.41, 5.74) is 0. The largest absolute Gasteiger partial charge is 0.279 e. The van der Waals surface area contributed by atoms with Crippen LogP contribution in [0, 0.1) is 23.7 Å². The fraction of sp³-hybridized carbons (Fsp3) is 0.867. The van der Waals surface area contributed by atoms with Crippen LogP contribution in [0.4, 0.5) is 0 Å². The number of hydrogen-bond acceptors (Lipinski definition) is 2. The molecule has 1 heterocycles. The van der Waals surface area contributed by atoms with Crippen molar-refractivity contribution in [3.05, 3.63) is 0 Å². The zero-order valence-electron chi connectivity index (χ0n) is 11.3. The van der Waals surface area contributed by atoms with E-state index >= 15 is 0 Å². The number of alkyl halides is 2. The highest BCUT2D eigenvalue weighted by molar-refractivity contribution is 9.12. The van der Waals surface area contributed by atoms with Crippen LogP contribution in [0.2, 0.25) is 0 Å². The molecule has 0 aromatic rings. The lowest BCUT2D eigenvalue weighted by Crippen LogP contribution is -2.42. The van der Waals surface area contributed by atoms with Crippen molar-refractivity contribution in [3.8, 4) is 0 Å². The fourth-order valence-electron chi connectivity index (χ4n) is 5.07. The van der Waals surface area contributed by atoms with Crippen LogP contribution >= 0.6 is 31.9 Å². The third-order valence-electron chi connectivity index (χ3n) is 5.96. The Morgan fingerprint density at radius 2 is 1.35 bits per heavy atom. The first-order valence-corrected chi connectivity index (χ1v) is 9.59. The maximum Gasteiger partial charge on any atom is 0.233 e. The van der Waals surface area contributed by atoms with E-state index in [-0.39, 0.29) is 29.7 Å². The Bertz CT molecular complexity index is 431. The molecule has 0 aromatic carbocycles. The molecule has 6 atom stereocenters. The van der Waals surface area contributed by atoms with Crippen molar-refractivity contribution < 1.29 is 9.59 Å². The van der Waals surface area contributed by atoms with Crippen LogP contribution in [0.1, 0.15) is 38.5 Å². The van der Waals surface area contributed by atoms with E-state index in [1.54, 1.807) is 4.90 Å². The lowest BCUT2D eigenvalue weighted by Gasteiger charge is -2.30. The number of fused-ring (bicyclic) bond motifs is 5. The normalized spacial score (nSPS) is 48.2. The standard InChI is InChI=1S/C15H19Br2NO2/c16-12-8-6-9(13(12)17)11-10(8)14(19)18(15(11)20)7-4-2-1-3-5-7/h7-13H,1-6H2. The van der Waals surface area contributed by atoms with E-state index in [2.05, 4.69) is 31.9 Å². The molecule has 110 valence electrons. The lowest BCUT2D eigenvalue weighted by atomic mass is 9.81. The molecule has 0 radical (unpaired) electrons. The third kappa shape index (κ3) is 1.68. The molecule has 2 amide bonds. The van der Waals surface area contributed by atoms with Crippen LogP contribution in [0.25, 0.3) is 0 Å².